The minimum atomic E-state index is -2.09. The second-order valence-electron chi connectivity index (χ2n) is 15.3. The summed E-state index contributed by atoms with van der Waals surface area (Å²) in [5.41, 5.74) is -0.228. The lowest BCUT2D eigenvalue weighted by atomic mass is 9.33. The van der Waals surface area contributed by atoms with Gasteiger partial charge in [0.15, 0.2) is 5.79 Å². The van der Waals surface area contributed by atoms with Gasteiger partial charge in [0.25, 0.3) is 0 Å². The maximum absolute atomic E-state index is 12.8. The van der Waals surface area contributed by atoms with Crippen molar-refractivity contribution in [1.29, 1.82) is 0 Å². The van der Waals surface area contributed by atoms with Gasteiger partial charge in [0.1, 0.15) is 6.10 Å². The molecule has 5 nitrogen and oxygen atoms in total. The molecule has 5 aliphatic carbocycles. The molecule has 0 bridgehead atoms. The molecule has 4 fully saturated rings. The standard InChI is InChI=1S/C30H48O5/c1-24(2)12-14-29(23(32)33)15-13-27(6)18(19(29)16-24)8-9-21-26(5)17-22(31)30(34,35)25(3,4)20(26)10-11-28(21,27)7/h8,19-22,31,34-35H,9-17H2,1-7H3,(H,32,33)/t19-,20?,21-,22?,26+,27-,28-,29+/m1/s1. The highest BCUT2D eigenvalue weighted by molar-refractivity contribution is 5.76. The molecule has 5 heteroatoms. The zero-order valence-corrected chi connectivity index (χ0v) is 22.9. The molecule has 2 unspecified atom stereocenters. The summed E-state index contributed by atoms with van der Waals surface area (Å²) < 4.78 is 0. The molecule has 0 saturated heterocycles. The second-order valence-corrected chi connectivity index (χ2v) is 15.3. The highest BCUT2D eigenvalue weighted by atomic mass is 16.5. The van der Waals surface area contributed by atoms with Crippen molar-refractivity contribution in [2.24, 2.45) is 50.2 Å². The van der Waals surface area contributed by atoms with Crippen molar-refractivity contribution in [3.63, 3.8) is 0 Å². The van der Waals surface area contributed by atoms with Crippen LogP contribution in [-0.4, -0.2) is 38.3 Å². The van der Waals surface area contributed by atoms with Crippen LogP contribution in [0.1, 0.15) is 106 Å². The lowest BCUT2D eigenvalue weighted by Gasteiger charge is -2.72. The number of carboxylic acid groups (broad SMARTS) is 1. The Bertz CT molecular complexity index is 964. The fraction of sp³-hybridized carbons (Fsp3) is 0.900. The van der Waals surface area contributed by atoms with E-state index in [0.717, 1.165) is 51.4 Å². The van der Waals surface area contributed by atoms with Crippen LogP contribution in [0, 0.1) is 50.2 Å². The predicted molar refractivity (Wildman–Crippen MR) is 135 cm³/mol. The predicted octanol–water partition coefficient (Wildman–Crippen LogP) is 5.52. The van der Waals surface area contributed by atoms with Gasteiger partial charge in [0.05, 0.1) is 5.41 Å². The average molecular weight is 489 g/mol. The molecule has 0 aliphatic heterocycles. The summed E-state index contributed by atoms with van der Waals surface area (Å²) in [5.74, 6) is -2.21. The minimum absolute atomic E-state index is 0.0186. The monoisotopic (exact) mass is 488 g/mol. The fourth-order valence-electron chi connectivity index (χ4n) is 10.7. The Balaban J connectivity index is 1.61. The maximum Gasteiger partial charge on any atom is 0.310 e. The van der Waals surface area contributed by atoms with E-state index in [0.29, 0.717) is 12.3 Å². The van der Waals surface area contributed by atoms with Crippen molar-refractivity contribution in [3.8, 4) is 0 Å². The van der Waals surface area contributed by atoms with Gasteiger partial charge in [-0.15, -0.1) is 0 Å². The zero-order chi connectivity index (χ0) is 26.0. The van der Waals surface area contributed by atoms with Crippen LogP contribution in [0.2, 0.25) is 0 Å². The number of aliphatic carboxylic acids is 1. The van der Waals surface area contributed by atoms with Crippen LogP contribution in [-0.2, 0) is 4.79 Å². The summed E-state index contributed by atoms with van der Waals surface area (Å²) in [7, 11) is 0. The topological polar surface area (TPSA) is 98.0 Å². The Kier molecular flexibility index (Phi) is 5.25. The Labute approximate surface area is 211 Å². The first-order valence-electron chi connectivity index (χ1n) is 14.0. The molecule has 0 aromatic heterocycles. The molecule has 0 aromatic carbocycles. The molecule has 4 saturated carbocycles. The summed E-state index contributed by atoms with van der Waals surface area (Å²) in [5, 5.41) is 43.3. The van der Waals surface area contributed by atoms with Crippen molar-refractivity contribution in [2.75, 3.05) is 0 Å². The summed E-state index contributed by atoms with van der Waals surface area (Å²) in [6.45, 7) is 15.6. The SMILES string of the molecule is CC1(C)CC[C@]2(C(=O)O)CC[C@]3(C)C(=CC[C@@H]4[C@@]5(C)CC(O)C(O)(O)C(C)(C)C5CC[C@]43C)[C@H]2C1. The first-order chi connectivity index (χ1) is 15.9. The van der Waals surface area contributed by atoms with Crippen LogP contribution in [0.4, 0.5) is 0 Å². The highest BCUT2D eigenvalue weighted by Gasteiger charge is 2.72. The van der Waals surface area contributed by atoms with Gasteiger partial charge < -0.3 is 20.4 Å². The van der Waals surface area contributed by atoms with Gasteiger partial charge in [-0.2, -0.15) is 0 Å². The van der Waals surface area contributed by atoms with Gasteiger partial charge in [0, 0.05) is 5.41 Å². The number of aliphatic hydroxyl groups excluding tert-OH is 1. The molecular formula is C30H48O5. The van der Waals surface area contributed by atoms with Gasteiger partial charge >= 0.3 is 5.97 Å². The number of carbonyl (C=O) groups is 1. The first-order valence-corrected chi connectivity index (χ1v) is 14.0. The lowest BCUT2D eigenvalue weighted by Crippen LogP contribution is -2.70. The van der Waals surface area contributed by atoms with E-state index in [1.54, 1.807) is 0 Å². The summed E-state index contributed by atoms with van der Waals surface area (Å²) in [4.78, 5) is 12.8. The fourth-order valence-corrected chi connectivity index (χ4v) is 10.7. The van der Waals surface area contributed by atoms with Crippen LogP contribution < -0.4 is 0 Å². The van der Waals surface area contributed by atoms with Crippen molar-refractivity contribution < 1.29 is 25.2 Å². The van der Waals surface area contributed by atoms with Gasteiger partial charge in [-0.1, -0.05) is 60.1 Å². The van der Waals surface area contributed by atoms with E-state index < -0.39 is 28.7 Å². The number of rotatable bonds is 1. The van der Waals surface area contributed by atoms with E-state index >= 15 is 0 Å². The third-order valence-electron chi connectivity index (χ3n) is 13.2. The van der Waals surface area contributed by atoms with E-state index in [1.165, 1.54) is 5.57 Å². The molecule has 0 spiro atoms. The number of carboxylic acids is 1. The third-order valence-corrected chi connectivity index (χ3v) is 13.2. The van der Waals surface area contributed by atoms with Crippen LogP contribution in [0.3, 0.4) is 0 Å². The van der Waals surface area contributed by atoms with Crippen molar-refractivity contribution in [1.82, 2.24) is 0 Å². The van der Waals surface area contributed by atoms with Crippen LogP contribution in [0.25, 0.3) is 0 Å². The minimum Gasteiger partial charge on any atom is -0.481 e. The number of hydrogen-bond donors (Lipinski definition) is 4. The molecule has 0 aromatic rings. The van der Waals surface area contributed by atoms with E-state index in [-0.39, 0.29) is 33.5 Å². The first kappa shape index (κ1) is 25.7. The van der Waals surface area contributed by atoms with Crippen LogP contribution >= 0.6 is 0 Å². The summed E-state index contributed by atoms with van der Waals surface area (Å²) >= 11 is 0. The Morgan fingerprint density at radius 3 is 2.14 bits per heavy atom. The molecule has 198 valence electrons. The number of aliphatic hydroxyl groups is 3. The largest absolute Gasteiger partial charge is 0.481 e. The Hall–Kier alpha value is -0.910. The van der Waals surface area contributed by atoms with Gasteiger partial charge in [-0.3, -0.25) is 4.79 Å². The van der Waals surface area contributed by atoms with Crippen molar-refractivity contribution in [3.05, 3.63) is 11.6 Å². The highest BCUT2D eigenvalue weighted by Crippen LogP contribution is 2.76. The molecular weight excluding hydrogens is 440 g/mol. The molecule has 0 amide bonds. The normalized spacial score (nSPS) is 51.7. The summed E-state index contributed by atoms with van der Waals surface area (Å²) in [6.07, 6.45) is 8.72. The molecule has 0 heterocycles. The van der Waals surface area contributed by atoms with Crippen molar-refractivity contribution in [2.45, 2.75) is 118 Å². The average Bonchev–Trinajstić information content (AvgIpc) is 2.72. The van der Waals surface area contributed by atoms with E-state index in [2.05, 4.69) is 40.7 Å². The quantitative estimate of drug-likeness (QED) is 0.288. The number of hydrogen-bond acceptors (Lipinski definition) is 4. The van der Waals surface area contributed by atoms with Gasteiger partial charge in [-0.05, 0) is 97.2 Å². The molecule has 0 radical (unpaired) electrons. The molecule has 5 rings (SSSR count). The van der Waals surface area contributed by atoms with E-state index in [9.17, 15) is 25.2 Å². The van der Waals surface area contributed by atoms with Gasteiger partial charge in [0.2, 0.25) is 0 Å². The molecule has 35 heavy (non-hydrogen) atoms. The Morgan fingerprint density at radius 1 is 0.886 bits per heavy atom. The zero-order valence-electron chi connectivity index (χ0n) is 22.9. The van der Waals surface area contributed by atoms with E-state index in [4.69, 9.17) is 0 Å². The maximum atomic E-state index is 12.8. The van der Waals surface area contributed by atoms with Crippen LogP contribution in [0.15, 0.2) is 11.6 Å². The molecule has 8 atom stereocenters. The smallest absolute Gasteiger partial charge is 0.310 e. The lowest BCUT2D eigenvalue weighted by molar-refractivity contribution is -0.351. The molecule has 4 N–H and O–H groups in total. The van der Waals surface area contributed by atoms with Crippen molar-refractivity contribution >= 4 is 5.97 Å². The third kappa shape index (κ3) is 2.95. The van der Waals surface area contributed by atoms with Crippen LogP contribution in [0.5, 0.6) is 0 Å². The number of fused-ring (bicyclic) bond motifs is 7. The number of allylic oxidation sites excluding steroid dienone is 2. The second kappa shape index (κ2) is 7.14. The molecule has 5 aliphatic rings. The van der Waals surface area contributed by atoms with E-state index in [1.807, 2.05) is 13.8 Å². The summed E-state index contributed by atoms with van der Waals surface area (Å²) in [6, 6.07) is 0. The van der Waals surface area contributed by atoms with Gasteiger partial charge in [-0.25, -0.2) is 0 Å². The Morgan fingerprint density at radius 2 is 1.51 bits per heavy atom.